The van der Waals surface area contributed by atoms with Crippen LogP contribution in [0, 0.1) is 0 Å². The quantitative estimate of drug-likeness (QED) is 0.720. The van der Waals surface area contributed by atoms with Crippen LogP contribution in [0.2, 0.25) is 0 Å². The molecule has 4 rings (SSSR count). The van der Waals surface area contributed by atoms with Gasteiger partial charge in [0.2, 0.25) is 0 Å². The number of benzene rings is 2. The topological polar surface area (TPSA) is 44.4 Å². The molecule has 2 aromatic carbocycles. The average molecular weight is 317 g/mol. The molecule has 0 amide bonds. The van der Waals surface area contributed by atoms with E-state index in [9.17, 15) is 4.79 Å². The molecule has 1 unspecified atom stereocenters. The van der Waals surface area contributed by atoms with Crippen molar-refractivity contribution in [3.63, 3.8) is 0 Å². The predicted molar refractivity (Wildman–Crippen MR) is 92.2 cm³/mol. The lowest BCUT2D eigenvalue weighted by Crippen LogP contribution is -2.20. The Hall–Kier alpha value is -3.27. The molecular weight excluding hydrogens is 302 g/mol. The summed E-state index contributed by atoms with van der Waals surface area (Å²) in [6.45, 7) is 3.88. The SMILES string of the molecule is C=C1OC=CC1n1c(-c2ccccc2)c(-c2ccccc2)oc1=O. The maximum atomic E-state index is 12.6. The molecule has 0 saturated heterocycles. The second-order valence-corrected chi connectivity index (χ2v) is 5.51. The number of hydrogen-bond acceptors (Lipinski definition) is 3. The summed E-state index contributed by atoms with van der Waals surface area (Å²) in [5, 5.41) is 0. The monoisotopic (exact) mass is 317 g/mol. The fourth-order valence-corrected chi connectivity index (χ4v) is 2.90. The fraction of sp³-hybridized carbons (Fsp3) is 0.0500. The van der Waals surface area contributed by atoms with Crippen molar-refractivity contribution in [2.75, 3.05) is 0 Å². The van der Waals surface area contributed by atoms with Gasteiger partial charge < -0.3 is 9.15 Å². The Labute approximate surface area is 138 Å². The van der Waals surface area contributed by atoms with Gasteiger partial charge in [0, 0.05) is 11.1 Å². The molecule has 0 N–H and O–H groups in total. The maximum absolute atomic E-state index is 12.6. The zero-order chi connectivity index (χ0) is 16.5. The molecule has 1 aromatic heterocycles. The van der Waals surface area contributed by atoms with E-state index in [0.717, 1.165) is 11.1 Å². The minimum Gasteiger partial charge on any atom is -0.468 e. The third kappa shape index (κ3) is 2.29. The smallest absolute Gasteiger partial charge is 0.420 e. The molecule has 2 heterocycles. The first-order valence-electron chi connectivity index (χ1n) is 7.64. The first kappa shape index (κ1) is 14.3. The number of allylic oxidation sites excluding steroid dienone is 1. The first-order chi connectivity index (χ1) is 11.8. The highest BCUT2D eigenvalue weighted by atomic mass is 16.5. The second-order valence-electron chi connectivity index (χ2n) is 5.51. The van der Waals surface area contributed by atoms with Gasteiger partial charge in [-0.1, -0.05) is 67.2 Å². The molecule has 1 atom stereocenters. The van der Waals surface area contributed by atoms with Crippen LogP contribution in [-0.2, 0) is 4.74 Å². The van der Waals surface area contributed by atoms with E-state index >= 15 is 0 Å². The largest absolute Gasteiger partial charge is 0.468 e. The van der Waals surface area contributed by atoms with Crippen molar-refractivity contribution in [1.29, 1.82) is 0 Å². The summed E-state index contributed by atoms with van der Waals surface area (Å²) < 4.78 is 12.5. The normalized spacial score (nSPS) is 16.3. The maximum Gasteiger partial charge on any atom is 0.420 e. The van der Waals surface area contributed by atoms with Crippen molar-refractivity contribution < 1.29 is 9.15 Å². The molecule has 24 heavy (non-hydrogen) atoms. The lowest BCUT2D eigenvalue weighted by molar-refractivity contribution is 0.338. The van der Waals surface area contributed by atoms with Crippen molar-refractivity contribution in [1.82, 2.24) is 4.57 Å². The van der Waals surface area contributed by atoms with Crippen molar-refractivity contribution in [3.8, 4) is 22.6 Å². The Bertz CT molecular complexity index is 965. The van der Waals surface area contributed by atoms with E-state index in [1.807, 2.05) is 60.7 Å². The van der Waals surface area contributed by atoms with Crippen molar-refractivity contribution in [2.45, 2.75) is 6.04 Å². The highest BCUT2D eigenvalue weighted by Crippen LogP contribution is 2.36. The summed E-state index contributed by atoms with van der Waals surface area (Å²) in [5.41, 5.74) is 2.46. The van der Waals surface area contributed by atoms with E-state index in [1.165, 1.54) is 0 Å². The summed E-state index contributed by atoms with van der Waals surface area (Å²) >= 11 is 0. The molecule has 0 radical (unpaired) electrons. The molecule has 4 heteroatoms. The summed E-state index contributed by atoms with van der Waals surface area (Å²) in [7, 11) is 0. The molecule has 1 aliphatic rings. The Morgan fingerprint density at radius 3 is 2.12 bits per heavy atom. The van der Waals surface area contributed by atoms with Gasteiger partial charge in [0.1, 0.15) is 11.8 Å². The lowest BCUT2D eigenvalue weighted by Gasteiger charge is -2.13. The molecule has 4 nitrogen and oxygen atoms in total. The van der Waals surface area contributed by atoms with Crippen LogP contribution in [0.5, 0.6) is 0 Å². The van der Waals surface area contributed by atoms with Crippen LogP contribution in [0.15, 0.2) is 94.6 Å². The minimum atomic E-state index is -0.436. The van der Waals surface area contributed by atoms with Crippen LogP contribution in [-0.4, -0.2) is 4.57 Å². The summed E-state index contributed by atoms with van der Waals surface area (Å²) in [6, 6.07) is 18.9. The summed E-state index contributed by atoms with van der Waals surface area (Å²) in [5.74, 6) is 0.601. The van der Waals surface area contributed by atoms with Crippen LogP contribution in [0.25, 0.3) is 22.6 Å². The Morgan fingerprint density at radius 2 is 1.54 bits per heavy atom. The highest BCUT2D eigenvalue weighted by Gasteiger charge is 2.28. The molecule has 0 bridgehead atoms. The lowest BCUT2D eigenvalue weighted by atomic mass is 10.0. The third-order valence-corrected chi connectivity index (χ3v) is 4.01. The number of aromatic nitrogens is 1. The van der Waals surface area contributed by atoms with Gasteiger partial charge in [0.25, 0.3) is 0 Å². The van der Waals surface area contributed by atoms with Gasteiger partial charge in [-0.25, -0.2) is 4.79 Å². The van der Waals surface area contributed by atoms with Gasteiger partial charge >= 0.3 is 5.76 Å². The van der Waals surface area contributed by atoms with Gasteiger partial charge in [-0.15, -0.1) is 0 Å². The Balaban J connectivity index is 2.01. The first-order valence-corrected chi connectivity index (χ1v) is 7.64. The van der Waals surface area contributed by atoms with Crippen LogP contribution in [0.3, 0.4) is 0 Å². The molecule has 0 spiro atoms. The molecule has 0 aliphatic carbocycles. The number of rotatable bonds is 3. The zero-order valence-electron chi connectivity index (χ0n) is 12.9. The van der Waals surface area contributed by atoms with E-state index < -0.39 is 5.76 Å². The van der Waals surface area contributed by atoms with Crippen LogP contribution < -0.4 is 5.76 Å². The van der Waals surface area contributed by atoms with Gasteiger partial charge in [0.15, 0.2) is 5.76 Å². The van der Waals surface area contributed by atoms with Gasteiger partial charge in [0.05, 0.1) is 12.0 Å². The zero-order valence-corrected chi connectivity index (χ0v) is 12.9. The fourth-order valence-electron chi connectivity index (χ4n) is 2.90. The number of oxazole rings is 1. The molecule has 1 aliphatic heterocycles. The van der Waals surface area contributed by atoms with Gasteiger partial charge in [-0.05, 0) is 6.08 Å². The van der Waals surface area contributed by atoms with Crippen molar-refractivity contribution in [2.24, 2.45) is 0 Å². The highest BCUT2D eigenvalue weighted by molar-refractivity contribution is 5.77. The van der Waals surface area contributed by atoms with E-state index in [2.05, 4.69) is 6.58 Å². The molecular formula is C20H15NO3. The number of ether oxygens (including phenoxy) is 1. The molecule has 0 saturated carbocycles. The Kier molecular flexibility index (Phi) is 3.43. The van der Waals surface area contributed by atoms with Crippen LogP contribution in [0.4, 0.5) is 0 Å². The van der Waals surface area contributed by atoms with E-state index in [0.29, 0.717) is 17.2 Å². The van der Waals surface area contributed by atoms with Crippen molar-refractivity contribution in [3.05, 3.63) is 95.9 Å². The van der Waals surface area contributed by atoms with Gasteiger partial charge in [-0.3, -0.25) is 4.57 Å². The predicted octanol–water partition coefficient (Wildman–Crippen LogP) is 4.37. The molecule has 118 valence electrons. The number of hydrogen-bond donors (Lipinski definition) is 0. The standard InChI is InChI=1S/C20H15NO3/c1-14-17(12-13-23-14)21-18(15-8-4-2-5-9-15)19(24-20(21)22)16-10-6-3-7-11-16/h2-13,17H,1H2. The molecule has 0 fully saturated rings. The summed E-state index contributed by atoms with van der Waals surface area (Å²) in [4.78, 5) is 12.6. The van der Waals surface area contributed by atoms with Crippen molar-refractivity contribution >= 4 is 0 Å². The summed E-state index contributed by atoms with van der Waals surface area (Å²) in [6.07, 6.45) is 3.34. The van der Waals surface area contributed by atoms with E-state index in [-0.39, 0.29) is 6.04 Å². The molecule has 3 aromatic rings. The minimum absolute atomic E-state index is 0.381. The van der Waals surface area contributed by atoms with Crippen LogP contribution >= 0.6 is 0 Å². The van der Waals surface area contributed by atoms with E-state index in [4.69, 9.17) is 9.15 Å². The number of nitrogens with zero attached hydrogens (tertiary/aromatic N) is 1. The van der Waals surface area contributed by atoms with Gasteiger partial charge in [-0.2, -0.15) is 0 Å². The van der Waals surface area contributed by atoms with E-state index in [1.54, 1.807) is 16.9 Å². The van der Waals surface area contributed by atoms with Crippen LogP contribution in [0.1, 0.15) is 6.04 Å². The second kappa shape index (κ2) is 5.74. The average Bonchev–Trinajstić information content (AvgIpc) is 3.19. The Morgan fingerprint density at radius 1 is 0.917 bits per heavy atom. The third-order valence-electron chi connectivity index (χ3n) is 4.01.